The predicted molar refractivity (Wildman–Crippen MR) is 54.9 cm³/mol. The Labute approximate surface area is 83.9 Å². The molecule has 0 aliphatic heterocycles. The highest BCUT2D eigenvalue weighted by Crippen LogP contribution is 2.17. The lowest BCUT2D eigenvalue weighted by Gasteiger charge is -2.06. The fourth-order valence-electron chi connectivity index (χ4n) is 1.28. The quantitative estimate of drug-likeness (QED) is 0.784. The summed E-state index contributed by atoms with van der Waals surface area (Å²) in [7, 11) is 0. The van der Waals surface area contributed by atoms with Gasteiger partial charge in [-0.15, -0.1) is 0 Å². The van der Waals surface area contributed by atoms with Gasteiger partial charge in [0, 0.05) is 6.07 Å². The first-order valence-electron chi connectivity index (χ1n) is 4.89. The topological polar surface area (TPSA) is 35.2 Å². The van der Waals surface area contributed by atoms with E-state index in [1.807, 2.05) is 6.92 Å². The second kappa shape index (κ2) is 5.60. The third-order valence-electron chi connectivity index (χ3n) is 1.99. The van der Waals surface area contributed by atoms with Crippen molar-refractivity contribution in [3.63, 3.8) is 0 Å². The van der Waals surface area contributed by atoms with Crippen LogP contribution < -0.4 is 10.5 Å². The maximum Gasteiger partial charge on any atom is 0.130 e. The van der Waals surface area contributed by atoms with Gasteiger partial charge in [0.25, 0.3) is 0 Å². The number of aryl methyl sites for hydroxylation is 1. The minimum absolute atomic E-state index is 0.204. The normalized spacial score (nSPS) is 10.2. The van der Waals surface area contributed by atoms with Crippen LogP contribution in [-0.4, -0.2) is 13.2 Å². The van der Waals surface area contributed by atoms with E-state index in [-0.39, 0.29) is 5.82 Å². The van der Waals surface area contributed by atoms with Crippen molar-refractivity contribution in [2.45, 2.75) is 19.8 Å². The molecule has 14 heavy (non-hydrogen) atoms. The number of hydrogen-bond acceptors (Lipinski definition) is 2. The van der Waals surface area contributed by atoms with Crippen LogP contribution in [0.15, 0.2) is 18.2 Å². The third kappa shape index (κ3) is 3.00. The summed E-state index contributed by atoms with van der Waals surface area (Å²) in [5.41, 5.74) is 6.06. The van der Waals surface area contributed by atoms with Crippen molar-refractivity contribution in [3.05, 3.63) is 29.6 Å². The van der Waals surface area contributed by atoms with Gasteiger partial charge in [0.05, 0.1) is 6.61 Å². The molecule has 0 aliphatic carbocycles. The highest BCUT2D eigenvalue weighted by Gasteiger charge is 2.03. The number of ether oxygens (including phenoxy) is 1. The van der Waals surface area contributed by atoms with E-state index in [1.54, 1.807) is 12.1 Å². The molecule has 0 atom stereocenters. The zero-order valence-corrected chi connectivity index (χ0v) is 8.42. The number of nitrogens with two attached hydrogens (primary N) is 1. The molecule has 0 amide bonds. The maximum atomic E-state index is 13.4. The highest BCUT2D eigenvalue weighted by molar-refractivity contribution is 5.29. The lowest BCUT2D eigenvalue weighted by molar-refractivity contribution is 0.338. The van der Waals surface area contributed by atoms with E-state index in [0.717, 1.165) is 6.42 Å². The summed E-state index contributed by atoms with van der Waals surface area (Å²) in [5, 5.41) is 0. The second-order valence-electron chi connectivity index (χ2n) is 3.08. The van der Waals surface area contributed by atoms with Gasteiger partial charge in [-0.1, -0.05) is 6.07 Å². The minimum Gasteiger partial charge on any atom is -0.494 e. The van der Waals surface area contributed by atoms with Crippen LogP contribution >= 0.6 is 0 Å². The van der Waals surface area contributed by atoms with Gasteiger partial charge in [-0.05, 0) is 37.9 Å². The van der Waals surface area contributed by atoms with Crippen LogP contribution in [0.2, 0.25) is 0 Å². The fourth-order valence-corrected chi connectivity index (χ4v) is 1.28. The Morgan fingerprint density at radius 2 is 2.21 bits per heavy atom. The minimum atomic E-state index is -0.204. The molecule has 78 valence electrons. The first-order valence-corrected chi connectivity index (χ1v) is 4.89. The van der Waals surface area contributed by atoms with Gasteiger partial charge < -0.3 is 10.5 Å². The molecule has 0 bridgehead atoms. The molecule has 3 heteroatoms. The lowest BCUT2D eigenvalue weighted by atomic mass is 10.1. The van der Waals surface area contributed by atoms with Gasteiger partial charge in [-0.2, -0.15) is 0 Å². The van der Waals surface area contributed by atoms with Crippen molar-refractivity contribution < 1.29 is 9.13 Å². The van der Waals surface area contributed by atoms with E-state index in [9.17, 15) is 4.39 Å². The molecule has 0 spiro atoms. The van der Waals surface area contributed by atoms with Gasteiger partial charge in [-0.3, -0.25) is 0 Å². The van der Waals surface area contributed by atoms with Crippen molar-refractivity contribution in [3.8, 4) is 5.75 Å². The van der Waals surface area contributed by atoms with Crippen LogP contribution in [0, 0.1) is 5.82 Å². The molecule has 2 N–H and O–H groups in total. The Balaban J connectivity index is 2.68. The SMILES string of the molecule is CCOc1ccc(CCCN)c(F)c1. The van der Waals surface area contributed by atoms with Crippen molar-refractivity contribution in [1.29, 1.82) is 0 Å². The number of hydrogen-bond donors (Lipinski definition) is 1. The summed E-state index contributed by atoms with van der Waals surface area (Å²) in [4.78, 5) is 0. The van der Waals surface area contributed by atoms with Gasteiger partial charge in [0.2, 0.25) is 0 Å². The van der Waals surface area contributed by atoms with Crippen molar-refractivity contribution >= 4 is 0 Å². The Hall–Kier alpha value is -1.09. The Morgan fingerprint density at radius 3 is 2.79 bits per heavy atom. The zero-order valence-electron chi connectivity index (χ0n) is 8.42. The van der Waals surface area contributed by atoms with E-state index in [4.69, 9.17) is 10.5 Å². The first-order chi connectivity index (χ1) is 6.77. The number of benzene rings is 1. The van der Waals surface area contributed by atoms with Crippen LogP contribution in [-0.2, 0) is 6.42 Å². The first kappa shape index (κ1) is 11.0. The fraction of sp³-hybridized carbons (Fsp3) is 0.455. The molecule has 0 aromatic heterocycles. The monoisotopic (exact) mass is 197 g/mol. The number of rotatable bonds is 5. The molecule has 1 aromatic carbocycles. The molecule has 1 aromatic rings. The van der Waals surface area contributed by atoms with Crippen molar-refractivity contribution in [1.82, 2.24) is 0 Å². The van der Waals surface area contributed by atoms with Crippen molar-refractivity contribution in [2.75, 3.05) is 13.2 Å². The summed E-state index contributed by atoms with van der Waals surface area (Å²) >= 11 is 0. The van der Waals surface area contributed by atoms with E-state index in [2.05, 4.69) is 0 Å². The van der Waals surface area contributed by atoms with Crippen LogP contribution in [0.5, 0.6) is 5.75 Å². The number of halogens is 1. The van der Waals surface area contributed by atoms with Gasteiger partial charge in [0.1, 0.15) is 11.6 Å². The molecule has 2 nitrogen and oxygen atoms in total. The molecule has 0 heterocycles. The van der Waals surface area contributed by atoms with E-state index in [0.29, 0.717) is 30.9 Å². The predicted octanol–water partition coefficient (Wildman–Crippen LogP) is 2.12. The maximum absolute atomic E-state index is 13.4. The average Bonchev–Trinajstić information content (AvgIpc) is 2.17. The van der Waals surface area contributed by atoms with Gasteiger partial charge in [-0.25, -0.2) is 4.39 Å². The molecule has 0 fully saturated rings. The molecule has 0 radical (unpaired) electrons. The Kier molecular flexibility index (Phi) is 4.40. The second-order valence-corrected chi connectivity index (χ2v) is 3.08. The van der Waals surface area contributed by atoms with Crippen LogP contribution in [0.4, 0.5) is 4.39 Å². The van der Waals surface area contributed by atoms with E-state index in [1.165, 1.54) is 6.07 Å². The summed E-state index contributed by atoms with van der Waals surface area (Å²) < 4.78 is 18.6. The summed E-state index contributed by atoms with van der Waals surface area (Å²) in [6.45, 7) is 3.02. The molecular weight excluding hydrogens is 181 g/mol. The molecule has 1 rings (SSSR count). The Morgan fingerprint density at radius 1 is 1.43 bits per heavy atom. The van der Waals surface area contributed by atoms with Crippen LogP contribution in [0.3, 0.4) is 0 Å². The summed E-state index contributed by atoms with van der Waals surface area (Å²) in [6, 6.07) is 4.98. The molecular formula is C11H16FNO. The molecule has 0 saturated heterocycles. The van der Waals surface area contributed by atoms with E-state index < -0.39 is 0 Å². The largest absolute Gasteiger partial charge is 0.494 e. The van der Waals surface area contributed by atoms with Gasteiger partial charge in [0.15, 0.2) is 0 Å². The molecule has 0 unspecified atom stereocenters. The van der Waals surface area contributed by atoms with Crippen molar-refractivity contribution in [2.24, 2.45) is 5.73 Å². The molecule has 0 aliphatic rings. The Bertz CT molecular complexity index is 289. The third-order valence-corrected chi connectivity index (χ3v) is 1.99. The highest BCUT2D eigenvalue weighted by atomic mass is 19.1. The summed E-state index contributed by atoms with van der Waals surface area (Å²) in [6.07, 6.45) is 1.50. The lowest BCUT2D eigenvalue weighted by Crippen LogP contribution is -2.02. The zero-order chi connectivity index (χ0) is 10.4. The van der Waals surface area contributed by atoms with Crippen LogP contribution in [0.1, 0.15) is 18.9 Å². The standard InChI is InChI=1S/C11H16FNO/c1-2-14-10-6-5-9(4-3-7-13)11(12)8-10/h5-6,8H,2-4,7,13H2,1H3. The van der Waals surface area contributed by atoms with Crippen LogP contribution in [0.25, 0.3) is 0 Å². The average molecular weight is 197 g/mol. The smallest absolute Gasteiger partial charge is 0.130 e. The van der Waals surface area contributed by atoms with E-state index >= 15 is 0 Å². The van der Waals surface area contributed by atoms with Gasteiger partial charge >= 0.3 is 0 Å². The summed E-state index contributed by atoms with van der Waals surface area (Å²) in [5.74, 6) is 0.380. The molecule has 0 saturated carbocycles.